The lowest BCUT2D eigenvalue weighted by atomic mass is 9.94. The van der Waals surface area contributed by atoms with E-state index in [-0.39, 0.29) is 30.6 Å². The van der Waals surface area contributed by atoms with E-state index in [1.807, 2.05) is 20.8 Å². The minimum atomic E-state index is -0.823. The standard InChI is InChI=1S/C23H24BrClN2O3/c1-4-23(2,3)27(21(29)13-15-5-9-17(25)10-6-15)19-14-20(28)26(22(19)30)18-11-7-16(24)8-12-18/h5-12,19H,4,13-14H2,1-3H3. The molecule has 1 unspecified atom stereocenters. The van der Waals surface area contributed by atoms with Gasteiger partial charge in [-0.3, -0.25) is 14.4 Å². The van der Waals surface area contributed by atoms with Crippen molar-refractivity contribution in [3.8, 4) is 0 Å². The number of rotatable bonds is 6. The Morgan fingerprint density at radius 3 is 2.30 bits per heavy atom. The first-order valence-electron chi connectivity index (χ1n) is 9.83. The van der Waals surface area contributed by atoms with E-state index in [9.17, 15) is 14.4 Å². The topological polar surface area (TPSA) is 57.7 Å². The lowest BCUT2D eigenvalue weighted by Gasteiger charge is -2.41. The van der Waals surface area contributed by atoms with E-state index < -0.39 is 11.6 Å². The van der Waals surface area contributed by atoms with Crippen molar-refractivity contribution in [3.05, 3.63) is 63.6 Å². The molecule has 0 aromatic heterocycles. The molecule has 5 nitrogen and oxygen atoms in total. The summed E-state index contributed by atoms with van der Waals surface area (Å²) in [5.74, 6) is -0.857. The van der Waals surface area contributed by atoms with Gasteiger partial charge in [0.2, 0.25) is 11.8 Å². The molecule has 0 spiro atoms. The van der Waals surface area contributed by atoms with Gasteiger partial charge in [0.25, 0.3) is 5.91 Å². The number of nitrogens with zero attached hydrogens (tertiary/aromatic N) is 2. The average Bonchev–Trinajstić information content (AvgIpc) is 2.98. The zero-order valence-electron chi connectivity index (χ0n) is 17.2. The number of anilines is 1. The van der Waals surface area contributed by atoms with E-state index in [0.717, 1.165) is 10.0 Å². The Morgan fingerprint density at radius 2 is 1.73 bits per heavy atom. The fourth-order valence-corrected chi connectivity index (χ4v) is 4.04. The van der Waals surface area contributed by atoms with Crippen LogP contribution in [0.4, 0.5) is 5.69 Å². The maximum Gasteiger partial charge on any atom is 0.257 e. The Bertz CT molecular complexity index is 957. The van der Waals surface area contributed by atoms with Gasteiger partial charge < -0.3 is 4.90 Å². The summed E-state index contributed by atoms with van der Waals surface area (Å²) in [5, 5.41) is 0.596. The smallest absolute Gasteiger partial charge is 0.257 e. The van der Waals surface area contributed by atoms with Crippen LogP contribution in [-0.4, -0.2) is 34.2 Å². The number of amides is 3. The van der Waals surface area contributed by atoms with Gasteiger partial charge in [0.15, 0.2) is 0 Å². The van der Waals surface area contributed by atoms with Crippen LogP contribution in [0.2, 0.25) is 5.02 Å². The second kappa shape index (κ2) is 8.90. The third kappa shape index (κ3) is 4.60. The summed E-state index contributed by atoms with van der Waals surface area (Å²) < 4.78 is 0.855. The third-order valence-corrected chi connectivity index (χ3v) is 6.35. The van der Waals surface area contributed by atoms with Gasteiger partial charge in [0, 0.05) is 15.0 Å². The highest BCUT2D eigenvalue weighted by Gasteiger charge is 2.48. The minimum Gasteiger partial charge on any atom is -0.325 e. The van der Waals surface area contributed by atoms with Gasteiger partial charge in [0.1, 0.15) is 6.04 Å². The Hall–Kier alpha value is -2.18. The monoisotopic (exact) mass is 490 g/mol. The molecule has 30 heavy (non-hydrogen) atoms. The molecule has 1 heterocycles. The second-order valence-electron chi connectivity index (χ2n) is 8.00. The maximum atomic E-state index is 13.3. The van der Waals surface area contributed by atoms with Crippen LogP contribution in [0.1, 0.15) is 39.2 Å². The molecule has 0 N–H and O–H groups in total. The number of hydrogen-bond donors (Lipinski definition) is 0. The molecule has 158 valence electrons. The normalized spacial score (nSPS) is 16.8. The summed E-state index contributed by atoms with van der Waals surface area (Å²) in [7, 11) is 0. The summed E-state index contributed by atoms with van der Waals surface area (Å²) in [6, 6.07) is 13.2. The van der Waals surface area contributed by atoms with Gasteiger partial charge in [-0.05, 0) is 62.2 Å². The van der Waals surface area contributed by atoms with E-state index in [2.05, 4.69) is 15.9 Å². The van der Waals surface area contributed by atoms with E-state index >= 15 is 0 Å². The Morgan fingerprint density at radius 1 is 1.13 bits per heavy atom. The van der Waals surface area contributed by atoms with Gasteiger partial charge in [-0.2, -0.15) is 0 Å². The van der Waals surface area contributed by atoms with Gasteiger partial charge in [-0.15, -0.1) is 0 Å². The van der Waals surface area contributed by atoms with Gasteiger partial charge in [-0.1, -0.05) is 46.6 Å². The number of imide groups is 1. The molecule has 2 aromatic carbocycles. The van der Waals surface area contributed by atoms with Crippen molar-refractivity contribution in [1.82, 2.24) is 4.90 Å². The quantitative estimate of drug-likeness (QED) is 0.535. The highest BCUT2D eigenvalue weighted by atomic mass is 79.9. The van der Waals surface area contributed by atoms with Crippen LogP contribution in [0.5, 0.6) is 0 Å². The number of carbonyl (C=O) groups is 3. The number of carbonyl (C=O) groups excluding carboxylic acids is 3. The maximum absolute atomic E-state index is 13.3. The molecule has 0 aliphatic carbocycles. The zero-order valence-corrected chi connectivity index (χ0v) is 19.5. The average molecular weight is 492 g/mol. The molecule has 1 fully saturated rings. The van der Waals surface area contributed by atoms with Crippen LogP contribution in [-0.2, 0) is 20.8 Å². The molecule has 3 amide bonds. The predicted octanol–water partition coefficient (Wildman–Crippen LogP) is 4.99. The second-order valence-corrected chi connectivity index (χ2v) is 9.35. The summed E-state index contributed by atoms with van der Waals surface area (Å²) >= 11 is 9.30. The molecule has 3 rings (SSSR count). The number of benzene rings is 2. The molecule has 0 radical (unpaired) electrons. The molecule has 1 atom stereocenters. The fourth-order valence-electron chi connectivity index (χ4n) is 3.64. The van der Waals surface area contributed by atoms with Crippen LogP contribution in [0.3, 0.4) is 0 Å². The first-order valence-corrected chi connectivity index (χ1v) is 11.0. The van der Waals surface area contributed by atoms with Crippen molar-refractivity contribution in [2.45, 2.75) is 51.6 Å². The lowest BCUT2D eigenvalue weighted by molar-refractivity contribution is -0.144. The number of halogens is 2. The van der Waals surface area contributed by atoms with E-state index in [1.165, 1.54) is 4.90 Å². The molecule has 1 aliphatic rings. The highest BCUT2D eigenvalue weighted by molar-refractivity contribution is 9.10. The molecule has 1 aliphatic heterocycles. The van der Waals surface area contributed by atoms with Crippen LogP contribution >= 0.6 is 27.5 Å². The minimum absolute atomic E-state index is 0.0231. The van der Waals surface area contributed by atoms with Gasteiger partial charge >= 0.3 is 0 Å². The molecule has 2 aromatic rings. The van der Waals surface area contributed by atoms with Crippen molar-refractivity contribution in [3.63, 3.8) is 0 Å². The highest BCUT2D eigenvalue weighted by Crippen LogP contribution is 2.32. The van der Waals surface area contributed by atoms with E-state index in [0.29, 0.717) is 17.1 Å². The molecule has 1 saturated heterocycles. The van der Waals surface area contributed by atoms with E-state index in [4.69, 9.17) is 11.6 Å². The molecule has 7 heteroatoms. The van der Waals surface area contributed by atoms with Crippen LogP contribution in [0, 0.1) is 0 Å². The molecule has 0 bridgehead atoms. The molecular weight excluding hydrogens is 468 g/mol. The van der Waals surface area contributed by atoms with Crippen LogP contribution in [0.15, 0.2) is 53.0 Å². The summed E-state index contributed by atoms with van der Waals surface area (Å²) in [6.07, 6.45) is 0.761. The van der Waals surface area contributed by atoms with Crippen LogP contribution < -0.4 is 4.90 Å². The zero-order chi connectivity index (χ0) is 22.1. The van der Waals surface area contributed by atoms with Gasteiger partial charge in [-0.25, -0.2) is 4.90 Å². The van der Waals surface area contributed by atoms with Crippen molar-refractivity contribution >= 4 is 50.9 Å². The third-order valence-electron chi connectivity index (χ3n) is 5.57. The Kier molecular flexibility index (Phi) is 6.68. The molecule has 0 saturated carbocycles. The van der Waals surface area contributed by atoms with Gasteiger partial charge in [0.05, 0.1) is 18.5 Å². The van der Waals surface area contributed by atoms with Crippen molar-refractivity contribution in [1.29, 1.82) is 0 Å². The molecular formula is C23H24BrClN2O3. The van der Waals surface area contributed by atoms with Crippen LogP contribution in [0.25, 0.3) is 0 Å². The SMILES string of the molecule is CCC(C)(C)N(C(=O)Cc1ccc(Cl)cc1)C1CC(=O)N(c2ccc(Br)cc2)C1=O. The largest absolute Gasteiger partial charge is 0.325 e. The lowest BCUT2D eigenvalue weighted by Crippen LogP contribution is -2.56. The summed E-state index contributed by atoms with van der Waals surface area (Å²) in [5.41, 5.74) is 0.734. The number of hydrogen-bond acceptors (Lipinski definition) is 3. The van der Waals surface area contributed by atoms with E-state index in [1.54, 1.807) is 53.4 Å². The Balaban J connectivity index is 1.91. The summed E-state index contributed by atoms with van der Waals surface area (Å²) in [6.45, 7) is 5.82. The fraction of sp³-hybridized carbons (Fsp3) is 0.348. The summed E-state index contributed by atoms with van der Waals surface area (Å²) in [4.78, 5) is 42.2. The first-order chi connectivity index (χ1) is 14.1. The first kappa shape index (κ1) is 22.5. The Labute approximate surface area is 190 Å². The van der Waals surface area contributed by atoms with Crippen molar-refractivity contribution < 1.29 is 14.4 Å². The van der Waals surface area contributed by atoms with Crippen molar-refractivity contribution in [2.24, 2.45) is 0 Å². The predicted molar refractivity (Wildman–Crippen MR) is 121 cm³/mol. The van der Waals surface area contributed by atoms with Crippen molar-refractivity contribution in [2.75, 3.05) is 4.90 Å².